The summed E-state index contributed by atoms with van der Waals surface area (Å²) in [7, 11) is 8.47. The van der Waals surface area contributed by atoms with Gasteiger partial charge in [0.15, 0.2) is 0 Å². The predicted molar refractivity (Wildman–Crippen MR) is 39.9 cm³/mol. The summed E-state index contributed by atoms with van der Waals surface area (Å²) >= 11 is 0. The van der Waals surface area contributed by atoms with Crippen LogP contribution in [0.3, 0.4) is 0 Å². The van der Waals surface area contributed by atoms with Gasteiger partial charge in [0, 0.05) is 20.6 Å². The van der Waals surface area contributed by atoms with Crippen LogP contribution in [-0.4, -0.2) is 45.9 Å². The molecule has 0 aromatic rings. The molecule has 0 aromatic carbocycles. The average molecular weight is 141 g/mol. The van der Waals surface area contributed by atoms with Gasteiger partial charge in [0.2, 0.25) is 5.91 Å². The summed E-state index contributed by atoms with van der Waals surface area (Å²) in [5.41, 5.74) is 0. The van der Waals surface area contributed by atoms with E-state index < -0.39 is 0 Å². The number of hydrogen-bond donors (Lipinski definition) is 0. The Bertz CT molecular complexity index is 106. The maximum absolute atomic E-state index is 10.8. The Morgan fingerprint density at radius 3 is 2.60 bits per heavy atom. The van der Waals surface area contributed by atoms with Crippen LogP contribution in [0, 0.1) is 0 Å². The molecule has 0 aliphatic heterocycles. The van der Waals surface area contributed by atoms with E-state index in [9.17, 15) is 4.79 Å². The van der Waals surface area contributed by atoms with Crippen LogP contribution in [0.2, 0.25) is 0 Å². The molecular formula is C6H12BNO2. The molecule has 10 heavy (non-hydrogen) atoms. The highest BCUT2D eigenvalue weighted by atomic mass is 16.5. The van der Waals surface area contributed by atoms with E-state index in [4.69, 9.17) is 12.6 Å². The van der Waals surface area contributed by atoms with E-state index >= 15 is 0 Å². The zero-order valence-corrected chi connectivity index (χ0v) is 6.46. The first kappa shape index (κ1) is 9.49. The summed E-state index contributed by atoms with van der Waals surface area (Å²) in [5, 5.41) is 0. The molecule has 0 atom stereocenters. The van der Waals surface area contributed by atoms with Crippen LogP contribution in [0.4, 0.5) is 0 Å². The summed E-state index contributed by atoms with van der Waals surface area (Å²) in [6.07, 6.45) is 0.407. The summed E-state index contributed by atoms with van der Waals surface area (Å²) in [6.45, 7) is 0.591. The van der Waals surface area contributed by atoms with E-state index in [0.717, 1.165) is 0 Å². The molecular weight excluding hydrogens is 129 g/mol. The Kier molecular flexibility index (Phi) is 5.03. The molecule has 0 rings (SSSR count). The molecule has 0 saturated carbocycles. The highest BCUT2D eigenvalue weighted by Gasteiger charge is 2.01. The SMILES string of the molecule is [B]COCCC(=O)N(C)C. The number of ether oxygens (including phenoxy) is 1. The zero-order chi connectivity index (χ0) is 7.98. The van der Waals surface area contributed by atoms with Crippen LogP contribution in [0.5, 0.6) is 0 Å². The van der Waals surface area contributed by atoms with Gasteiger partial charge >= 0.3 is 0 Å². The second-order valence-corrected chi connectivity index (χ2v) is 2.11. The fourth-order valence-corrected chi connectivity index (χ4v) is 0.466. The molecule has 0 aliphatic carbocycles. The number of carbonyl (C=O) groups is 1. The Balaban J connectivity index is 3.22. The van der Waals surface area contributed by atoms with Gasteiger partial charge in [-0.25, -0.2) is 0 Å². The van der Waals surface area contributed by atoms with E-state index in [1.807, 2.05) is 0 Å². The monoisotopic (exact) mass is 141 g/mol. The average Bonchev–Trinajstić information content (AvgIpc) is 1.88. The third-order valence-corrected chi connectivity index (χ3v) is 1.08. The number of nitrogens with zero attached hydrogens (tertiary/aromatic N) is 1. The van der Waals surface area contributed by atoms with Gasteiger partial charge in [-0.15, -0.1) is 0 Å². The molecule has 0 aromatic heterocycles. The van der Waals surface area contributed by atoms with Crippen LogP contribution >= 0.6 is 0 Å². The van der Waals surface area contributed by atoms with E-state index in [1.54, 1.807) is 14.1 Å². The number of carbonyl (C=O) groups excluding carboxylic acids is 1. The van der Waals surface area contributed by atoms with Crippen molar-refractivity contribution in [3.63, 3.8) is 0 Å². The number of hydrogen-bond acceptors (Lipinski definition) is 2. The van der Waals surface area contributed by atoms with Crippen molar-refractivity contribution in [1.29, 1.82) is 0 Å². The zero-order valence-electron chi connectivity index (χ0n) is 6.46. The van der Waals surface area contributed by atoms with Crippen LogP contribution in [0.1, 0.15) is 6.42 Å². The van der Waals surface area contributed by atoms with Crippen molar-refractivity contribution in [3.05, 3.63) is 0 Å². The number of rotatable bonds is 4. The van der Waals surface area contributed by atoms with E-state index in [1.165, 1.54) is 4.90 Å². The van der Waals surface area contributed by atoms with Crippen LogP contribution in [-0.2, 0) is 9.53 Å². The van der Waals surface area contributed by atoms with Gasteiger partial charge in [-0.05, 0) is 0 Å². The third kappa shape index (κ3) is 4.38. The molecule has 0 unspecified atom stereocenters. The van der Waals surface area contributed by atoms with E-state index in [0.29, 0.717) is 13.0 Å². The minimum atomic E-state index is 0.0634. The van der Waals surface area contributed by atoms with Gasteiger partial charge in [-0.2, -0.15) is 0 Å². The third-order valence-electron chi connectivity index (χ3n) is 1.08. The molecule has 0 fully saturated rings. The second kappa shape index (κ2) is 5.29. The first-order valence-corrected chi connectivity index (χ1v) is 3.16. The lowest BCUT2D eigenvalue weighted by Gasteiger charge is -2.09. The standard InChI is InChI=1S/C6H12BNO2/c1-8(2)6(9)3-4-10-5-7/h3-5H2,1-2H3. The van der Waals surface area contributed by atoms with Gasteiger partial charge in [-0.3, -0.25) is 4.79 Å². The quantitative estimate of drug-likeness (QED) is 0.394. The minimum absolute atomic E-state index is 0.0634. The van der Waals surface area contributed by atoms with Crippen molar-refractivity contribution in [3.8, 4) is 0 Å². The maximum atomic E-state index is 10.8. The maximum Gasteiger partial charge on any atom is 0.224 e. The van der Waals surface area contributed by atoms with Crippen molar-refractivity contribution >= 4 is 13.8 Å². The summed E-state index contributed by atoms with van der Waals surface area (Å²) in [6, 6.07) is 0. The van der Waals surface area contributed by atoms with E-state index in [2.05, 4.69) is 0 Å². The van der Waals surface area contributed by atoms with Gasteiger partial charge in [0.25, 0.3) is 0 Å². The van der Waals surface area contributed by atoms with Gasteiger partial charge < -0.3 is 9.64 Å². The lowest BCUT2D eigenvalue weighted by molar-refractivity contribution is -0.129. The Hall–Kier alpha value is -0.505. The molecule has 0 heterocycles. The topological polar surface area (TPSA) is 29.5 Å². The van der Waals surface area contributed by atoms with Crippen LogP contribution < -0.4 is 0 Å². The van der Waals surface area contributed by atoms with Gasteiger partial charge in [0.1, 0.15) is 7.85 Å². The highest BCUT2D eigenvalue weighted by molar-refractivity contribution is 6.08. The smallest absolute Gasteiger partial charge is 0.224 e. The molecule has 0 saturated heterocycles. The minimum Gasteiger partial charge on any atom is -0.391 e. The molecule has 1 amide bonds. The molecule has 0 aliphatic rings. The fourth-order valence-electron chi connectivity index (χ4n) is 0.466. The lowest BCUT2D eigenvalue weighted by Crippen LogP contribution is -2.22. The number of amides is 1. The van der Waals surface area contributed by atoms with Gasteiger partial charge in [0.05, 0.1) is 13.0 Å². The summed E-state index contributed by atoms with van der Waals surface area (Å²) in [5.74, 6) is 0.0634. The molecule has 2 radical (unpaired) electrons. The van der Waals surface area contributed by atoms with Crippen LogP contribution in [0.15, 0.2) is 0 Å². The lowest BCUT2D eigenvalue weighted by atomic mass is 10.2. The van der Waals surface area contributed by atoms with Crippen molar-refractivity contribution in [1.82, 2.24) is 4.90 Å². The van der Waals surface area contributed by atoms with Crippen LogP contribution in [0.25, 0.3) is 0 Å². The molecule has 3 nitrogen and oxygen atoms in total. The molecule has 0 bridgehead atoms. The highest BCUT2D eigenvalue weighted by Crippen LogP contribution is 1.86. The van der Waals surface area contributed by atoms with Crippen molar-refractivity contribution in [2.75, 3.05) is 27.2 Å². The van der Waals surface area contributed by atoms with Gasteiger partial charge in [-0.1, -0.05) is 0 Å². The first-order chi connectivity index (χ1) is 4.68. The van der Waals surface area contributed by atoms with Crippen molar-refractivity contribution in [2.24, 2.45) is 0 Å². The molecule has 56 valence electrons. The Labute approximate surface area is 62.8 Å². The summed E-state index contributed by atoms with van der Waals surface area (Å²) < 4.78 is 4.78. The Morgan fingerprint density at radius 1 is 1.60 bits per heavy atom. The van der Waals surface area contributed by atoms with E-state index in [-0.39, 0.29) is 12.4 Å². The molecule has 0 N–H and O–H groups in total. The normalized spacial score (nSPS) is 9.40. The van der Waals surface area contributed by atoms with Crippen molar-refractivity contribution in [2.45, 2.75) is 6.42 Å². The molecule has 4 heteroatoms. The second-order valence-electron chi connectivity index (χ2n) is 2.11. The summed E-state index contributed by atoms with van der Waals surface area (Å²) in [4.78, 5) is 12.4. The Morgan fingerprint density at radius 2 is 2.20 bits per heavy atom. The first-order valence-electron chi connectivity index (χ1n) is 3.16. The molecule has 0 spiro atoms. The van der Waals surface area contributed by atoms with Crippen molar-refractivity contribution < 1.29 is 9.53 Å². The largest absolute Gasteiger partial charge is 0.391 e. The predicted octanol–water partition coefficient (Wildman–Crippen LogP) is -0.393. The fraction of sp³-hybridized carbons (Fsp3) is 0.833.